The molecule has 4 aromatic rings. The lowest BCUT2D eigenvalue weighted by Crippen LogP contribution is -2.47. The molecule has 9 heteroatoms. The number of carbonyl (C=O) groups is 2. The Morgan fingerprint density at radius 1 is 1.02 bits per heavy atom. The van der Waals surface area contributed by atoms with Crippen LogP contribution in [-0.4, -0.2) is 34.9 Å². The van der Waals surface area contributed by atoms with Crippen molar-refractivity contribution in [3.63, 3.8) is 0 Å². The highest BCUT2D eigenvalue weighted by molar-refractivity contribution is 6.03. The molecule has 40 heavy (non-hydrogen) atoms. The lowest BCUT2D eigenvalue weighted by molar-refractivity contribution is -0.384. The van der Waals surface area contributed by atoms with E-state index in [4.69, 9.17) is 4.74 Å². The molecule has 9 nitrogen and oxygen atoms in total. The quantitative estimate of drug-likeness (QED) is 0.204. The largest absolute Gasteiger partial charge is 0.497 e. The van der Waals surface area contributed by atoms with Crippen molar-refractivity contribution in [1.29, 1.82) is 0 Å². The fourth-order valence-corrected chi connectivity index (χ4v) is 5.43. The fraction of sp³-hybridized carbons (Fsp3) is 0.290. The second-order valence-corrected chi connectivity index (χ2v) is 10.1. The Morgan fingerprint density at radius 2 is 1.73 bits per heavy atom. The number of H-pyrrole nitrogens is 1. The van der Waals surface area contributed by atoms with E-state index in [1.807, 2.05) is 30.5 Å². The molecule has 0 radical (unpaired) electrons. The standard InChI is InChI=1S/C31H32N4O5/c1-40-26-17-15-24(16-18-26)34(29(36)19-22-20-32-28-10-6-5-9-27(22)28)30(21-11-13-25(14-12-21)35(38)39)31(37)33-23-7-3-2-4-8-23/h5-6,9-18,20,23,30,32H,2-4,7-8,19H2,1H3,(H,33,37). The highest BCUT2D eigenvalue weighted by Crippen LogP contribution is 2.32. The Kier molecular flexibility index (Phi) is 8.10. The van der Waals surface area contributed by atoms with Gasteiger partial charge in [0.2, 0.25) is 11.8 Å². The number of carbonyl (C=O) groups excluding carboxylic acids is 2. The van der Waals surface area contributed by atoms with Crippen molar-refractivity contribution in [2.24, 2.45) is 0 Å². The third-order valence-corrected chi connectivity index (χ3v) is 7.51. The minimum absolute atomic E-state index is 0.0169. The second-order valence-electron chi connectivity index (χ2n) is 10.1. The Hall–Kier alpha value is -4.66. The molecule has 1 aliphatic rings. The summed E-state index contributed by atoms with van der Waals surface area (Å²) in [5.74, 6) is 0.0206. The van der Waals surface area contributed by atoms with Crippen LogP contribution in [0, 0.1) is 10.1 Å². The molecule has 0 bridgehead atoms. The number of nitrogens with one attached hydrogen (secondary N) is 2. The fourth-order valence-electron chi connectivity index (χ4n) is 5.43. The molecule has 3 aromatic carbocycles. The minimum atomic E-state index is -1.03. The maximum Gasteiger partial charge on any atom is 0.269 e. The van der Waals surface area contributed by atoms with Gasteiger partial charge in [-0.3, -0.25) is 24.6 Å². The van der Waals surface area contributed by atoms with Crippen LogP contribution in [0.25, 0.3) is 10.9 Å². The van der Waals surface area contributed by atoms with E-state index in [1.54, 1.807) is 43.5 Å². The number of methoxy groups -OCH3 is 1. The number of aromatic nitrogens is 1. The normalized spacial score (nSPS) is 14.4. The zero-order valence-corrected chi connectivity index (χ0v) is 22.3. The summed E-state index contributed by atoms with van der Waals surface area (Å²) < 4.78 is 5.32. The molecule has 0 spiro atoms. The lowest BCUT2D eigenvalue weighted by atomic mass is 9.94. The average molecular weight is 541 g/mol. The first kappa shape index (κ1) is 26.9. The predicted molar refractivity (Wildman–Crippen MR) is 153 cm³/mol. The van der Waals surface area contributed by atoms with E-state index in [-0.39, 0.29) is 30.0 Å². The van der Waals surface area contributed by atoms with Crippen molar-refractivity contribution in [3.8, 4) is 5.75 Å². The van der Waals surface area contributed by atoms with Gasteiger partial charge in [0.25, 0.3) is 5.69 Å². The Morgan fingerprint density at radius 3 is 2.40 bits per heavy atom. The molecule has 1 aromatic heterocycles. The van der Waals surface area contributed by atoms with E-state index in [1.165, 1.54) is 17.0 Å². The number of non-ortho nitro benzene ring substituents is 1. The first-order valence-electron chi connectivity index (χ1n) is 13.5. The summed E-state index contributed by atoms with van der Waals surface area (Å²) in [5.41, 5.74) is 2.66. The topological polar surface area (TPSA) is 118 Å². The summed E-state index contributed by atoms with van der Waals surface area (Å²) in [4.78, 5) is 43.8. The molecule has 0 aliphatic heterocycles. The van der Waals surface area contributed by atoms with Crippen LogP contribution in [0.2, 0.25) is 0 Å². The van der Waals surface area contributed by atoms with Gasteiger partial charge in [0.15, 0.2) is 0 Å². The molecular formula is C31H32N4O5. The van der Waals surface area contributed by atoms with Crippen molar-refractivity contribution >= 4 is 34.1 Å². The van der Waals surface area contributed by atoms with Gasteiger partial charge in [-0.2, -0.15) is 0 Å². The Labute approximate surface area is 232 Å². The van der Waals surface area contributed by atoms with E-state index in [0.717, 1.165) is 48.6 Å². The van der Waals surface area contributed by atoms with Crippen LogP contribution in [0.4, 0.5) is 11.4 Å². The van der Waals surface area contributed by atoms with Crippen LogP contribution in [0.5, 0.6) is 5.75 Å². The van der Waals surface area contributed by atoms with E-state index >= 15 is 0 Å². The molecule has 5 rings (SSSR count). The molecule has 1 unspecified atom stereocenters. The SMILES string of the molecule is COc1ccc(N(C(=O)Cc2c[nH]c3ccccc23)C(C(=O)NC2CCCCC2)c2ccc([N+](=O)[O-])cc2)cc1. The van der Waals surface area contributed by atoms with Gasteiger partial charge in [-0.25, -0.2) is 0 Å². The molecule has 2 N–H and O–H groups in total. The summed E-state index contributed by atoms with van der Waals surface area (Å²) in [6.45, 7) is 0. The number of hydrogen-bond acceptors (Lipinski definition) is 5. The number of nitrogens with zero attached hydrogens (tertiary/aromatic N) is 2. The van der Waals surface area contributed by atoms with Gasteiger partial charge in [-0.15, -0.1) is 0 Å². The number of benzene rings is 3. The number of nitro benzene ring substituents is 1. The molecule has 1 atom stereocenters. The zero-order chi connectivity index (χ0) is 28.1. The highest BCUT2D eigenvalue weighted by Gasteiger charge is 2.34. The summed E-state index contributed by atoms with van der Waals surface area (Å²) >= 11 is 0. The molecular weight excluding hydrogens is 508 g/mol. The molecule has 1 saturated carbocycles. The molecule has 206 valence electrons. The summed E-state index contributed by atoms with van der Waals surface area (Å²) in [7, 11) is 1.56. The van der Waals surface area contributed by atoms with Gasteiger partial charge >= 0.3 is 0 Å². The summed E-state index contributed by atoms with van der Waals surface area (Å²) in [6, 6.07) is 19.6. The van der Waals surface area contributed by atoms with Crippen LogP contribution in [0.3, 0.4) is 0 Å². The number of rotatable bonds is 9. The molecule has 0 saturated heterocycles. The maximum atomic E-state index is 14.2. The number of fused-ring (bicyclic) bond motifs is 1. The van der Waals surface area contributed by atoms with Crippen molar-refractivity contribution < 1.29 is 19.2 Å². The maximum absolute atomic E-state index is 14.2. The number of amides is 2. The predicted octanol–water partition coefficient (Wildman–Crippen LogP) is 5.85. The first-order chi connectivity index (χ1) is 19.4. The third kappa shape index (κ3) is 5.83. The van der Waals surface area contributed by atoms with Crippen molar-refractivity contribution in [2.45, 2.75) is 50.6 Å². The second kappa shape index (κ2) is 12.0. The van der Waals surface area contributed by atoms with Gasteiger partial charge in [0.1, 0.15) is 11.8 Å². The van der Waals surface area contributed by atoms with Gasteiger partial charge in [-0.05, 0) is 66.4 Å². The number of ether oxygens (including phenoxy) is 1. The Balaban J connectivity index is 1.57. The first-order valence-corrected chi connectivity index (χ1v) is 13.5. The van der Waals surface area contributed by atoms with Crippen molar-refractivity contribution in [1.82, 2.24) is 10.3 Å². The average Bonchev–Trinajstić information content (AvgIpc) is 3.39. The van der Waals surface area contributed by atoms with E-state index in [0.29, 0.717) is 17.0 Å². The van der Waals surface area contributed by atoms with E-state index in [2.05, 4.69) is 10.3 Å². The van der Waals surface area contributed by atoms with Gasteiger partial charge < -0.3 is 15.0 Å². The Bertz CT molecular complexity index is 1490. The third-order valence-electron chi connectivity index (χ3n) is 7.51. The number of para-hydroxylation sites is 1. The highest BCUT2D eigenvalue weighted by atomic mass is 16.6. The molecule has 1 fully saturated rings. The monoisotopic (exact) mass is 540 g/mol. The van der Waals surface area contributed by atoms with Crippen LogP contribution in [0.1, 0.15) is 49.3 Å². The number of nitro groups is 1. The molecule has 1 heterocycles. The van der Waals surface area contributed by atoms with Gasteiger partial charge in [-0.1, -0.05) is 37.5 Å². The number of hydrogen-bond donors (Lipinski definition) is 2. The van der Waals surface area contributed by atoms with Crippen LogP contribution in [-0.2, 0) is 16.0 Å². The van der Waals surface area contributed by atoms with Crippen LogP contribution >= 0.6 is 0 Å². The molecule has 1 aliphatic carbocycles. The zero-order valence-electron chi connectivity index (χ0n) is 22.3. The summed E-state index contributed by atoms with van der Waals surface area (Å²) in [5, 5.41) is 15.4. The molecule has 2 amide bonds. The van der Waals surface area contributed by atoms with Crippen molar-refractivity contribution in [3.05, 3.63) is 100 Å². The van der Waals surface area contributed by atoms with Gasteiger partial charge in [0.05, 0.1) is 18.5 Å². The van der Waals surface area contributed by atoms with E-state index < -0.39 is 11.0 Å². The van der Waals surface area contributed by atoms with Crippen molar-refractivity contribution in [2.75, 3.05) is 12.0 Å². The summed E-state index contributed by atoms with van der Waals surface area (Å²) in [6.07, 6.45) is 6.84. The van der Waals surface area contributed by atoms with Crippen LogP contribution < -0.4 is 15.0 Å². The van der Waals surface area contributed by atoms with Crippen LogP contribution in [0.15, 0.2) is 79.0 Å². The lowest BCUT2D eigenvalue weighted by Gasteiger charge is -2.33. The minimum Gasteiger partial charge on any atom is -0.497 e. The smallest absolute Gasteiger partial charge is 0.269 e. The van der Waals surface area contributed by atoms with E-state index in [9.17, 15) is 19.7 Å². The number of anilines is 1. The van der Waals surface area contributed by atoms with Gasteiger partial charge in [0, 0.05) is 41.0 Å². The number of aromatic amines is 1.